The highest BCUT2D eigenvalue weighted by Crippen LogP contribution is 2.23. The number of aromatic nitrogens is 1. The summed E-state index contributed by atoms with van der Waals surface area (Å²) in [4.78, 5) is 4.27. The van der Waals surface area contributed by atoms with Gasteiger partial charge in [0.15, 0.2) is 0 Å². The Kier molecular flexibility index (Phi) is 5.61. The molecule has 1 fully saturated rings. The molecule has 1 aliphatic carbocycles. The molecule has 0 radical (unpaired) electrons. The second-order valence-corrected chi connectivity index (χ2v) is 4.20. The van der Waals surface area contributed by atoms with Crippen molar-refractivity contribution < 1.29 is 4.74 Å². The fourth-order valence-corrected chi connectivity index (χ4v) is 2.09. The number of hydrogen-bond donors (Lipinski definition) is 0. The van der Waals surface area contributed by atoms with Crippen LogP contribution in [0.25, 0.3) is 0 Å². The third-order valence-corrected chi connectivity index (χ3v) is 3.11. The monoisotopic (exact) mass is 335 g/mol. The Balaban J connectivity index is 0.00000112. The number of pyridine rings is 1. The van der Waals surface area contributed by atoms with Gasteiger partial charge in [0.05, 0.1) is 18.0 Å². The topological polar surface area (TPSA) is 22.1 Å². The molecule has 1 aliphatic rings. The standard InChI is InChI=1S/C11H14BrNO.BrH/c12-7-9-5-6-11(8-13-9)14-10-3-1-2-4-10;/h5-6,8,10H,1-4,7H2;1H. The van der Waals surface area contributed by atoms with E-state index in [2.05, 4.69) is 20.9 Å². The Bertz CT molecular complexity index is 283. The van der Waals surface area contributed by atoms with E-state index in [0.717, 1.165) is 16.8 Å². The molecule has 4 heteroatoms. The Morgan fingerprint density at radius 1 is 1.33 bits per heavy atom. The molecule has 0 aromatic carbocycles. The first-order valence-electron chi connectivity index (χ1n) is 5.06. The van der Waals surface area contributed by atoms with E-state index < -0.39 is 0 Å². The van der Waals surface area contributed by atoms with Gasteiger partial charge in [-0.05, 0) is 37.8 Å². The first-order valence-corrected chi connectivity index (χ1v) is 6.18. The molecule has 1 heterocycles. The van der Waals surface area contributed by atoms with E-state index in [1.165, 1.54) is 25.7 Å². The van der Waals surface area contributed by atoms with E-state index in [1.807, 2.05) is 18.3 Å². The van der Waals surface area contributed by atoms with Gasteiger partial charge in [0.2, 0.25) is 0 Å². The molecule has 0 aliphatic heterocycles. The number of alkyl halides is 1. The summed E-state index contributed by atoms with van der Waals surface area (Å²) in [6.45, 7) is 0. The van der Waals surface area contributed by atoms with Crippen LogP contribution in [0, 0.1) is 0 Å². The summed E-state index contributed by atoms with van der Waals surface area (Å²) < 4.78 is 5.80. The molecule has 0 N–H and O–H groups in total. The van der Waals surface area contributed by atoms with Gasteiger partial charge in [-0.3, -0.25) is 4.98 Å². The molecule has 0 saturated heterocycles. The summed E-state index contributed by atoms with van der Waals surface area (Å²) in [6.07, 6.45) is 7.23. The molecule has 2 nitrogen and oxygen atoms in total. The van der Waals surface area contributed by atoms with Gasteiger partial charge in [-0.1, -0.05) is 15.9 Å². The van der Waals surface area contributed by atoms with Crippen molar-refractivity contribution in [1.29, 1.82) is 0 Å². The summed E-state index contributed by atoms with van der Waals surface area (Å²) in [5, 5.41) is 0.802. The maximum absolute atomic E-state index is 5.80. The van der Waals surface area contributed by atoms with E-state index in [-0.39, 0.29) is 17.0 Å². The normalized spacial score (nSPS) is 16.1. The Morgan fingerprint density at radius 3 is 2.60 bits per heavy atom. The summed E-state index contributed by atoms with van der Waals surface area (Å²) >= 11 is 3.37. The van der Waals surface area contributed by atoms with E-state index >= 15 is 0 Å². The van der Waals surface area contributed by atoms with Crippen LogP contribution < -0.4 is 4.74 Å². The number of nitrogens with zero attached hydrogens (tertiary/aromatic N) is 1. The van der Waals surface area contributed by atoms with Gasteiger partial charge in [-0.25, -0.2) is 0 Å². The summed E-state index contributed by atoms with van der Waals surface area (Å²) in [7, 11) is 0. The van der Waals surface area contributed by atoms with Crippen molar-refractivity contribution in [3.63, 3.8) is 0 Å². The fraction of sp³-hybridized carbons (Fsp3) is 0.545. The zero-order chi connectivity index (χ0) is 9.80. The minimum absolute atomic E-state index is 0. The van der Waals surface area contributed by atoms with Crippen LogP contribution in [-0.4, -0.2) is 11.1 Å². The van der Waals surface area contributed by atoms with E-state index in [9.17, 15) is 0 Å². The van der Waals surface area contributed by atoms with Crippen LogP contribution in [0.4, 0.5) is 0 Å². The van der Waals surface area contributed by atoms with Crippen LogP contribution in [-0.2, 0) is 5.33 Å². The van der Waals surface area contributed by atoms with Crippen molar-refractivity contribution in [3.05, 3.63) is 24.0 Å². The molecule has 0 atom stereocenters. The van der Waals surface area contributed by atoms with Crippen molar-refractivity contribution >= 4 is 32.9 Å². The van der Waals surface area contributed by atoms with Crippen molar-refractivity contribution in [2.45, 2.75) is 37.1 Å². The van der Waals surface area contributed by atoms with Gasteiger partial charge < -0.3 is 4.74 Å². The molecule has 84 valence electrons. The first kappa shape index (κ1) is 13.0. The molecule has 1 aromatic rings. The minimum atomic E-state index is 0. The number of hydrogen-bond acceptors (Lipinski definition) is 2. The van der Waals surface area contributed by atoms with Crippen molar-refractivity contribution in [1.82, 2.24) is 4.98 Å². The van der Waals surface area contributed by atoms with Gasteiger partial charge in [0, 0.05) is 5.33 Å². The highest BCUT2D eigenvalue weighted by atomic mass is 79.9. The molecule has 2 rings (SSSR count). The maximum atomic E-state index is 5.80. The molecule has 0 unspecified atom stereocenters. The zero-order valence-corrected chi connectivity index (χ0v) is 11.8. The lowest BCUT2D eigenvalue weighted by molar-refractivity contribution is 0.209. The Morgan fingerprint density at radius 2 is 2.07 bits per heavy atom. The van der Waals surface area contributed by atoms with Crippen molar-refractivity contribution in [2.24, 2.45) is 0 Å². The second kappa shape index (κ2) is 6.48. The van der Waals surface area contributed by atoms with Crippen LogP contribution in [0.1, 0.15) is 31.4 Å². The molecule has 1 saturated carbocycles. The molecule has 1 aromatic heterocycles. The average molecular weight is 337 g/mol. The summed E-state index contributed by atoms with van der Waals surface area (Å²) in [5.41, 5.74) is 1.05. The largest absolute Gasteiger partial charge is 0.489 e. The van der Waals surface area contributed by atoms with Crippen LogP contribution in [0.15, 0.2) is 18.3 Å². The van der Waals surface area contributed by atoms with Gasteiger partial charge >= 0.3 is 0 Å². The quantitative estimate of drug-likeness (QED) is 0.781. The SMILES string of the molecule is Br.BrCc1ccc(OC2CCCC2)cn1. The van der Waals surface area contributed by atoms with Gasteiger partial charge in [0.1, 0.15) is 5.75 Å². The van der Waals surface area contributed by atoms with Gasteiger partial charge in [0.25, 0.3) is 0 Å². The Labute approximate surface area is 109 Å². The Hall–Kier alpha value is -0.0900. The lowest BCUT2D eigenvalue weighted by Crippen LogP contribution is -2.10. The molecule has 15 heavy (non-hydrogen) atoms. The third-order valence-electron chi connectivity index (χ3n) is 2.54. The molecular weight excluding hydrogens is 322 g/mol. The highest BCUT2D eigenvalue weighted by molar-refractivity contribution is 9.08. The molecule has 0 bridgehead atoms. The smallest absolute Gasteiger partial charge is 0.138 e. The minimum Gasteiger partial charge on any atom is -0.489 e. The number of halogens is 2. The van der Waals surface area contributed by atoms with Crippen molar-refractivity contribution in [3.8, 4) is 5.75 Å². The first-order chi connectivity index (χ1) is 6.88. The number of ether oxygens (including phenoxy) is 1. The zero-order valence-electron chi connectivity index (χ0n) is 8.49. The van der Waals surface area contributed by atoms with E-state index in [4.69, 9.17) is 4.74 Å². The van der Waals surface area contributed by atoms with E-state index in [0.29, 0.717) is 6.10 Å². The molecule has 0 spiro atoms. The average Bonchev–Trinajstić information content (AvgIpc) is 2.72. The van der Waals surface area contributed by atoms with Crippen molar-refractivity contribution in [2.75, 3.05) is 0 Å². The lowest BCUT2D eigenvalue weighted by Gasteiger charge is -2.12. The molecular formula is C11H15Br2NO. The van der Waals surface area contributed by atoms with E-state index in [1.54, 1.807) is 0 Å². The predicted octanol–water partition coefficient (Wildman–Crippen LogP) is 3.88. The second-order valence-electron chi connectivity index (χ2n) is 3.64. The fourth-order valence-electron chi connectivity index (χ4n) is 1.76. The highest BCUT2D eigenvalue weighted by Gasteiger charge is 2.16. The van der Waals surface area contributed by atoms with Gasteiger partial charge in [-0.15, -0.1) is 17.0 Å². The summed E-state index contributed by atoms with van der Waals surface area (Å²) in [5.74, 6) is 0.904. The lowest BCUT2D eigenvalue weighted by atomic mass is 10.3. The number of rotatable bonds is 3. The predicted molar refractivity (Wildman–Crippen MR) is 70.1 cm³/mol. The summed E-state index contributed by atoms with van der Waals surface area (Å²) in [6, 6.07) is 4.00. The molecule has 0 amide bonds. The van der Waals surface area contributed by atoms with Crippen LogP contribution in [0.2, 0.25) is 0 Å². The van der Waals surface area contributed by atoms with Gasteiger partial charge in [-0.2, -0.15) is 0 Å². The van der Waals surface area contributed by atoms with Crippen LogP contribution in [0.5, 0.6) is 5.75 Å². The maximum Gasteiger partial charge on any atom is 0.138 e. The van der Waals surface area contributed by atoms with Crippen LogP contribution in [0.3, 0.4) is 0 Å². The van der Waals surface area contributed by atoms with Crippen LogP contribution >= 0.6 is 32.9 Å². The third kappa shape index (κ3) is 3.76.